The molecule has 0 atom stereocenters. The Morgan fingerprint density at radius 1 is 1.09 bits per heavy atom. The molecule has 1 aromatic heterocycles. The van der Waals surface area contributed by atoms with Gasteiger partial charge in [0, 0.05) is 54.6 Å². The average molecular weight is 440 g/mol. The molecule has 166 valence electrons. The highest BCUT2D eigenvalue weighted by molar-refractivity contribution is 5.89. The topological polar surface area (TPSA) is 63.0 Å². The van der Waals surface area contributed by atoms with E-state index in [1.54, 1.807) is 13.0 Å². The number of hydrogen-bond donors (Lipinski definition) is 0. The quantitative estimate of drug-likeness (QED) is 0.578. The number of anilines is 2. The summed E-state index contributed by atoms with van der Waals surface area (Å²) in [5.41, 5.74) is 2.58. The average Bonchev–Trinajstić information content (AvgIpc) is 3.19. The van der Waals surface area contributed by atoms with Crippen molar-refractivity contribution in [2.24, 2.45) is 0 Å². The van der Waals surface area contributed by atoms with E-state index in [1.165, 1.54) is 12.1 Å². The summed E-state index contributed by atoms with van der Waals surface area (Å²) < 4.78 is 39.8. The van der Waals surface area contributed by atoms with E-state index in [1.807, 2.05) is 9.80 Å². The number of halogens is 2. The van der Waals surface area contributed by atoms with Gasteiger partial charge in [0.05, 0.1) is 24.2 Å². The second-order valence-corrected chi connectivity index (χ2v) is 8.19. The van der Waals surface area contributed by atoms with Gasteiger partial charge in [-0.15, -0.1) is 0 Å². The highest BCUT2D eigenvalue weighted by Gasteiger charge is 2.26. The fourth-order valence-corrected chi connectivity index (χ4v) is 4.59. The van der Waals surface area contributed by atoms with Crippen molar-refractivity contribution >= 4 is 28.8 Å². The van der Waals surface area contributed by atoms with E-state index >= 15 is 0 Å². The van der Waals surface area contributed by atoms with E-state index in [-0.39, 0.29) is 12.0 Å². The summed E-state index contributed by atoms with van der Waals surface area (Å²) >= 11 is 0. The van der Waals surface area contributed by atoms with Crippen LogP contribution in [0.25, 0.3) is 11.0 Å². The van der Waals surface area contributed by atoms with Crippen molar-refractivity contribution in [2.75, 3.05) is 42.6 Å². The first-order chi connectivity index (χ1) is 15.5. The minimum atomic E-state index is -0.642. The Hall–Kier alpha value is -3.26. The van der Waals surface area contributed by atoms with Crippen molar-refractivity contribution in [2.45, 2.75) is 19.9 Å². The number of hydrogen-bond acceptors (Lipinski definition) is 6. The van der Waals surface area contributed by atoms with E-state index in [0.29, 0.717) is 90.3 Å². The van der Waals surface area contributed by atoms with Gasteiger partial charge in [-0.1, -0.05) is 0 Å². The molecule has 3 aromatic rings. The molecule has 2 aliphatic rings. The SMILES string of the molecule is Cc1c(N2CCOCC2)oc2c(CN3CCc4c(F)cc(F)cc43)cc(C=O)cc2c1=O. The van der Waals surface area contributed by atoms with E-state index in [0.717, 1.165) is 6.07 Å². The van der Waals surface area contributed by atoms with Crippen LogP contribution in [0.5, 0.6) is 0 Å². The second kappa shape index (κ2) is 8.02. The van der Waals surface area contributed by atoms with Gasteiger partial charge in [0.15, 0.2) is 5.43 Å². The van der Waals surface area contributed by atoms with Crippen LogP contribution in [0.2, 0.25) is 0 Å². The number of carbonyl (C=O) groups excluding carboxylic acids is 1. The van der Waals surface area contributed by atoms with Crippen LogP contribution in [0.15, 0.2) is 33.5 Å². The van der Waals surface area contributed by atoms with Gasteiger partial charge in [0.2, 0.25) is 5.88 Å². The lowest BCUT2D eigenvalue weighted by atomic mass is 10.0. The third-order valence-electron chi connectivity index (χ3n) is 6.20. The number of ether oxygens (including phenoxy) is 1. The summed E-state index contributed by atoms with van der Waals surface area (Å²) in [5, 5.41) is 0.323. The first-order valence-electron chi connectivity index (χ1n) is 10.6. The van der Waals surface area contributed by atoms with Crippen LogP contribution in [-0.2, 0) is 17.7 Å². The number of fused-ring (bicyclic) bond motifs is 2. The highest BCUT2D eigenvalue weighted by atomic mass is 19.1. The molecule has 0 radical (unpaired) electrons. The maximum atomic E-state index is 14.2. The molecule has 1 fully saturated rings. The maximum absolute atomic E-state index is 14.2. The lowest BCUT2D eigenvalue weighted by Crippen LogP contribution is -2.37. The molecule has 32 heavy (non-hydrogen) atoms. The molecular weight excluding hydrogens is 418 g/mol. The van der Waals surface area contributed by atoms with Gasteiger partial charge in [-0.05, 0) is 31.5 Å². The van der Waals surface area contributed by atoms with E-state index in [4.69, 9.17) is 9.15 Å². The van der Waals surface area contributed by atoms with Gasteiger partial charge in [-0.25, -0.2) is 8.78 Å². The van der Waals surface area contributed by atoms with E-state index in [9.17, 15) is 18.4 Å². The molecule has 0 N–H and O–H groups in total. The molecule has 1 saturated heterocycles. The number of nitrogens with zero attached hydrogens (tertiary/aromatic N) is 2. The van der Waals surface area contributed by atoms with Crippen LogP contribution >= 0.6 is 0 Å². The van der Waals surface area contributed by atoms with Gasteiger partial charge in [-0.3, -0.25) is 9.59 Å². The van der Waals surface area contributed by atoms with Gasteiger partial charge >= 0.3 is 0 Å². The van der Waals surface area contributed by atoms with Crippen molar-refractivity contribution in [3.05, 3.63) is 68.4 Å². The normalized spacial score (nSPS) is 16.0. The van der Waals surface area contributed by atoms with Gasteiger partial charge in [0.1, 0.15) is 23.5 Å². The Bertz CT molecular complexity index is 1280. The number of carbonyl (C=O) groups is 1. The molecule has 3 heterocycles. The molecule has 2 aromatic carbocycles. The van der Waals surface area contributed by atoms with E-state index < -0.39 is 11.6 Å². The molecule has 0 amide bonds. The summed E-state index contributed by atoms with van der Waals surface area (Å²) in [6.07, 6.45) is 1.14. The second-order valence-electron chi connectivity index (χ2n) is 8.19. The van der Waals surface area contributed by atoms with E-state index in [2.05, 4.69) is 0 Å². The minimum Gasteiger partial charge on any atom is -0.440 e. The van der Waals surface area contributed by atoms with Crippen molar-refractivity contribution in [3.63, 3.8) is 0 Å². The van der Waals surface area contributed by atoms with Gasteiger partial charge in [-0.2, -0.15) is 0 Å². The third kappa shape index (κ3) is 3.44. The Morgan fingerprint density at radius 2 is 1.88 bits per heavy atom. The lowest BCUT2D eigenvalue weighted by molar-refractivity contribution is 0.112. The maximum Gasteiger partial charge on any atom is 0.203 e. The third-order valence-corrected chi connectivity index (χ3v) is 6.20. The molecule has 8 heteroatoms. The fraction of sp³-hybridized carbons (Fsp3) is 0.333. The molecule has 0 spiro atoms. The minimum absolute atomic E-state index is 0.198. The van der Waals surface area contributed by atoms with Crippen molar-refractivity contribution in [1.29, 1.82) is 0 Å². The van der Waals surface area contributed by atoms with Crippen molar-refractivity contribution < 1.29 is 22.7 Å². The summed E-state index contributed by atoms with van der Waals surface area (Å²) in [4.78, 5) is 28.6. The van der Waals surface area contributed by atoms with Crippen LogP contribution in [0.4, 0.5) is 20.4 Å². The van der Waals surface area contributed by atoms with Gasteiger partial charge in [0.25, 0.3) is 0 Å². The number of aldehydes is 1. The first-order valence-corrected chi connectivity index (χ1v) is 10.6. The monoisotopic (exact) mass is 440 g/mol. The summed E-state index contributed by atoms with van der Waals surface area (Å²) in [5.74, 6) is -0.716. The Balaban J connectivity index is 1.64. The Labute approximate surface area is 183 Å². The lowest BCUT2D eigenvalue weighted by Gasteiger charge is -2.28. The fourth-order valence-electron chi connectivity index (χ4n) is 4.59. The molecule has 0 saturated carbocycles. The predicted octanol–water partition coefficient (Wildman–Crippen LogP) is 3.59. The van der Waals surface area contributed by atoms with Crippen LogP contribution in [0, 0.1) is 18.6 Å². The summed E-state index contributed by atoms with van der Waals surface area (Å²) in [6.45, 7) is 4.76. The smallest absolute Gasteiger partial charge is 0.203 e. The Kier molecular flexibility index (Phi) is 5.17. The van der Waals surface area contributed by atoms with Gasteiger partial charge < -0.3 is 19.0 Å². The molecule has 2 aliphatic heterocycles. The Morgan fingerprint density at radius 3 is 2.62 bits per heavy atom. The molecule has 0 aliphatic carbocycles. The molecule has 5 rings (SSSR count). The van der Waals surface area contributed by atoms with Crippen LogP contribution < -0.4 is 15.2 Å². The molecule has 0 bridgehead atoms. The molecule has 6 nitrogen and oxygen atoms in total. The number of morpholine rings is 1. The zero-order valence-corrected chi connectivity index (χ0v) is 17.6. The largest absolute Gasteiger partial charge is 0.440 e. The standard InChI is InChI=1S/C24H22F2N2O4/c1-14-22(30)19-9-15(13-29)8-16(23(19)32-24(14)27-4-6-31-7-5-27)12-28-3-2-18-20(26)10-17(25)11-21(18)28/h8-11,13H,2-7,12H2,1H3. The van der Waals surface area contributed by atoms with Crippen molar-refractivity contribution in [1.82, 2.24) is 0 Å². The highest BCUT2D eigenvalue weighted by Crippen LogP contribution is 2.34. The summed E-state index contributed by atoms with van der Waals surface area (Å²) in [6, 6.07) is 5.41. The molecular formula is C24H22F2N2O4. The first kappa shape index (κ1) is 20.6. The van der Waals surface area contributed by atoms with Crippen LogP contribution in [0.1, 0.15) is 27.0 Å². The summed E-state index contributed by atoms with van der Waals surface area (Å²) in [7, 11) is 0. The predicted molar refractivity (Wildman–Crippen MR) is 117 cm³/mol. The zero-order chi connectivity index (χ0) is 22.4. The number of benzene rings is 2. The van der Waals surface area contributed by atoms with Crippen LogP contribution in [-0.4, -0.2) is 39.1 Å². The number of rotatable bonds is 4. The van der Waals surface area contributed by atoms with Crippen molar-refractivity contribution in [3.8, 4) is 0 Å². The molecule has 0 unspecified atom stereocenters. The van der Waals surface area contributed by atoms with Crippen LogP contribution in [0.3, 0.4) is 0 Å². The zero-order valence-electron chi connectivity index (χ0n) is 17.6.